The quantitative estimate of drug-likeness (QED) is 0.0448. The van der Waals surface area contributed by atoms with E-state index < -0.39 is 5.79 Å². The Morgan fingerprint density at radius 1 is 0.534 bits per heavy atom. The number of hydrogen-bond donors (Lipinski definition) is 0. The molecule has 1 saturated heterocycles. The van der Waals surface area contributed by atoms with Crippen LogP contribution in [0.25, 0.3) is 0 Å². The number of ether oxygens (including phenoxy) is 4. The molecule has 0 N–H and O–H groups in total. The van der Waals surface area contributed by atoms with Crippen molar-refractivity contribution in [2.24, 2.45) is 11.8 Å². The molecule has 0 spiro atoms. The van der Waals surface area contributed by atoms with Crippen molar-refractivity contribution in [3.05, 3.63) is 0 Å². The molecule has 0 aromatic heterocycles. The van der Waals surface area contributed by atoms with Crippen molar-refractivity contribution in [2.75, 3.05) is 40.5 Å². The van der Waals surface area contributed by atoms with Crippen LogP contribution in [0.1, 0.15) is 252 Å². The van der Waals surface area contributed by atoms with Gasteiger partial charge in [-0.25, -0.2) is 0 Å². The van der Waals surface area contributed by atoms with Crippen LogP contribution in [0.15, 0.2) is 0 Å². The van der Waals surface area contributed by atoms with Crippen molar-refractivity contribution in [1.82, 2.24) is 4.90 Å². The van der Waals surface area contributed by atoms with E-state index in [2.05, 4.69) is 46.7 Å². The van der Waals surface area contributed by atoms with Gasteiger partial charge in [-0.1, -0.05) is 182 Å². The van der Waals surface area contributed by atoms with E-state index in [1.54, 1.807) is 0 Å². The van der Waals surface area contributed by atoms with Gasteiger partial charge < -0.3 is 23.8 Å². The zero-order valence-corrected chi connectivity index (χ0v) is 39.7. The lowest BCUT2D eigenvalue weighted by Gasteiger charge is -2.29. The smallest absolute Gasteiger partial charge is 0.305 e. The number of carbonyl (C=O) groups is 2. The second-order valence-electron chi connectivity index (χ2n) is 18.5. The zero-order valence-electron chi connectivity index (χ0n) is 39.7. The van der Waals surface area contributed by atoms with Crippen LogP contribution in [0, 0.1) is 11.8 Å². The van der Waals surface area contributed by atoms with Crippen LogP contribution in [-0.4, -0.2) is 69.2 Å². The van der Waals surface area contributed by atoms with E-state index in [9.17, 15) is 9.59 Å². The highest BCUT2D eigenvalue weighted by Crippen LogP contribution is 2.36. The summed E-state index contributed by atoms with van der Waals surface area (Å²) in [4.78, 5) is 27.0. The van der Waals surface area contributed by atoms with Crippen molar-refractivity contribution < 1.29 is 28.5 Å². The molecule has 1 unspecified atom stereocenters. The van der Waals surface area contributed by atoms with E-state index in [4.69, 9.17) is 18.9 Å². The summed E-state index contributed by atoms with van der Waals surface area (Å²) in [5, 5.41) is 0. The molecule has 1 fully saturated rings. The molecule has 1 rings (SSSR count). The molecule has 0 aromatic rings. The summed E-state index contributed by atoms with van der Waals surface area (Å²) < 4.78 is 24.5. The fourth-order valence-electron chi connectivity index (χ4n) is 8.71. The average molecular weight is 822 g/mol. The Bertz CT molecular complexity index is 849. The van der Waals surface area contributed by atoms with Gasteiger partial charge in [0.25, 0.3) is 0 Å². The maximum atomic E-state index is 12.4. The largest absolute Gasteiger partial charge is 0.466 e. The SMILES string of the molecule is CCCCCC(CCCCC)CCOC(=O)CCCCCCCCC1(CCCCCCCCC(=O)OCCC(CCCCC)CCCCC)OCC(CCN(C)C)O1. The fraction of sp³-hybridized carbons (Fsp3) is 0.961. The summed E-state index contributed by atoms with van der Waals surface area (Å²) in [5.74, 6) is 0.975. The first-order valence-electron chi connectivity index (χ1n) is 25.5. The first-order chi connectivity index (χ1) is 28.3. The van der Waals surface area contributed by atoms with Gasteiger partial charge in [-0.3, -0.25) is 9.59 Å². The van der Waals surface area contributed by atoms with Gasteiger partial charge >= 0.3 is 11.9 Å². The highest BCUT2D eigenvalue weighted by molar-refractivity contribution is 5.69. The van der Waals surface area contributed by atoms with E-state index in [0.29, 0.717) is 44.5 Å². The van der Waals surface area contributed by atoms with Crippen LogP contribution >= 0.6 is 0 Å². The van der Waals surface area contributed by atoms with Crippen molar-refractivity contribution in [1.29, 1.82) is 0 Å². The molecule has 1 aliphatic heterocycles. The van der Waals surface area contributed by atoms with E-state index in [0.717, 1.165) is 77.2 Å². The van der Waals surface area contributed by atoms with Gasteiger partial charge in [-0.2, -0.15) is 0 Å². The maximum absolute atomic E-state index is 12.4. The summed E-state index contributed by atoms with van der Waals surface area (Å²) in [6.45, 7) is 12.0. The standard InChI is InChI=1S/C51H99NO6/c1-7-11-23-31-46(32-24-12-8-2)38-43-55-49(53)35-27-19-15-17-21-29-40-51(57-45-48(58-51)37-42-52(5)6)41-30-22-18-16-20-28-36-50(54)56-44-39-47(33-25-13-9-3)34-26-14-10-4/h46-48H,7-45H2,1-6H3. The third kappa shape index (κ3) is 31.7. The number of unbranched alkanes of at least 4 members (excludes halogenated alkanes) is 18. The lowest BCUT2D eigenvalue weighted by atomic mass is 9.92. The minimum atomic E-state index is -0.430. The molecule has 1 atom stereocenters. The Balaban J connectivity index is 2.26. The van der Waals surface area contributed by atoms with Crippen LogP contribution in [0.4, 0.5) is 0 Å². The molecule has 344 valence electrons. The average Bonchev–Trinajstić information content (AvgIpc) is 3.62. The number of nitrogens with zero attached hydrogens (tertiary/aromatic N) is 1. The van der Waals surface area contributed by atoms with Crippen molar-refractivity contribution in [3.8, 4) is 0 Å². The van der Waals surface area contributed by atoms with Gasteiger partial charge in [0.15, 0.2) is 5.79 Å². The summed E-state index contributed by atoms with van der Waals surface area (Å²) in [6.07, 6.45) is 40.4. The predicted molar refractivity (Wildman–Crippen MR) is 245 cm³/mol. The van der Waals surface area contributed by atoms with Gasteiger partial charge in [0, 0.05) is 32.2 Å². The lowest BCUT2D eigenvalue weighted by molar-refractivity contribution is -0.180. The summed E-state index contributed by atoms with van der Waals surface area (Å²) in [6, 6.07) is 0. The molecular formula is C51H99NO6. The van der Waals surface area contributed by atoms with Crippen molar-refractivity contribution in [2.45, 2.75) is 264 Å². The molecule has 0 bridgehead atoms. The van der Waals surface area contributed by atoms with Gasteiger partial charge in [-0.05, 0) is 70.9 Å². The van der Waals surface area contributed by atoms with E-state index in [-0.39, 0.29) is 18.0 Å². The van der Waals surface area contributed by atoms with E-state index in [1.807, 2.05) is 0 Å². The van der Waals surface area contributed by atoms with Crippen LogP contribution in [0.3, 0.4) is 0 Å². The summed E-state index contributed by atoms with van der Waals surface area (Å²) in [5.41, 5.74) is 0. The Labute approximate surface area is 361 Å². The van der Waals surface area contributed by atoms with Crippen molar-refractivity contribution >= 4 is 11.9 Å². The predicted octanol–water partition coefficient (Wildman–Crippen LogP) is 14.7. The molecule has 1 heterocycles. The molecule has 0 radical (unpaired) electrons. The normalized spacial score (nSPS) is 15.3. The topological polar surface area (TPSA) is 74.3 Å². The number of esters is 2. The first kappa shape index (κ1) is 54.8. The number of carbonyl (C=O) groups excluding carboxylic acids is 2. The van der Waals surface area contributed by atoms with Crippen LogP contribution in [0.5, 0.6) is 0 Å². The van der Waals surface area contributed by atoms with Gasteiger partial charge in [0.2, 0.25) is 0 Å². The molecule has 0 aliphatic carbocycles. The number of hydrogen-bond acceptors (Lipinski definition) is 7. The molecule has 0 aromatic carbocycles. The number of rotatable bonds is 43. The van der Waals surface area contributed by atoms with Crippen LogP contribution < -0.4 is 0 Å². The summed E-state index contributed by atoms with van der Waals surface area (Å²) >= 11 is 0. The summed E-state index contributed by atoms with van der Waals surface area (Å²) in [7, 11) is 4.24. The molecule has 0 saturated carbocycles. The van der Waals surface area contributed by atoms with Gasteiger partial charge in [-0.15, -0.1) is 0 Å². The van der Waals surface area contributed by atoms with E-state index in [1.165, 1.54) is 141 Å². The Hall–Kier alpha value is -1.18. The Kier molecular flexibility index (Phi) is 36.6. The molecular weight excluding hydrogens is 723 g/mol. The first-order valence-corrected chi connectivity index (χ1v) is 25.5. The Morgan fingerprint density at radius 2 is 0.914 bits per heavy atom. The zero-order chi connectivity index (χ0) is 42.4. The molecule has 0 amide bonds. The van der Waals surface area contributed by atoms with Gasteiger partial charge in [0.1, 0.15) is 0 Å². The monoisotopic (exact) mass is 822 g/mol. The highest BCUT2D eigenvalue weighted by atomic mass is 16.7. The fourth-order valence-corrected chi connectivity index (χ4v) is 8.71. The highest BCUT2D eigenvalue weighted by Gasteiger charge is 2.40. The molecule has 1 aliphatic rings. The van der Waals surface area contributed by atoms with Crippen LogP contribution in [-0.2, 0) is 28.5 Å². The Morgan fingerprint density at radius 3 is 1.29 bits per heavy atom. The maximum Gasteiger partial charge on any atom is 0.305 e. The molecule has 58 heavy (non-hydrogen) atoms. The third-order valence-corrected chi connectivity index (χ3v) is 12.6. The minimum absolute atomic E-state index is 0.00746. The van der Waals surface area contributed by atoms with Gasteiger partial charge in [0.05, 0.1) is 25.9 Å². The van der Waals surface area contributed by atoms with Crippen molar-refractivity contribution in [3.63, 3.8) is 0 Å². The minimum Gasteiger partial charge on any atom is -0.466 e. The van der Waals surface area contributed by atoms with E-state index >= 15 is 0 Å². The van der Waals surface area contributed by atoms with Crippen LogP contribution in [0.2, 0.25) is 0 Å². The third-order valence-electron chi connectivity index (χ3n) is 12.6. The molecule has 7 nitrogen and oxygen atoms in total. The molecule has 7 heteroatoms. The second kappa shape index (κ2) is 38.7. The second-order valence-corrected chi connectivity index (χ2v) is 18.5. The lowest BCUT2D eigenvalue weighted by Crippen LogP contribution is -2.31.